The van der Waals surface area contributed by atoms with Crippen LogP contribution in [0.5, 0.6) is 0 Å². The molecule has 4 nitrogen and oxygen atoms in total. The summed E-state index contributed by atoms with van der Waals surface area (Å²) in [5, 5.41) is 3.23. The molecular weight excluding hydrogens is 358 g/mol. The van der Waals surface area contributed by atoms with E-state index in [2.05, 4.69) is 15.3 Å². The number of nitrogens with one attached hydrogen (secondary N) is 1. The van der Waals surface area contributed by atoms with Crippen LogP contribution < -0.4 is 5.32 Å². The van der Waals surface area contributed by atoms with Gasteiger partial charge in [-0.15, -0.1) is 0 Å². The lowest BCUT2D eigenvalue weighted by Crippen LogP contribution is -2.21. The Kier molecular flexibility index (Phi) is 6.85. The van der Waals surface area contributed by atoms with Crippen LogP contribution in [0, 0.1) is 0 Å². The molecule has 1 N–H and O–H groups in total. The van der Waals surface area contributed by atoms with Crippen LogP contribution in [0.15, 0.2) is 113 Å². The second-order valence-electron chi connectivity index (χ2n) is 6.51. The molecule has 0 fully saturated rings. The average Bonchev–Trinajstić information content (AvgIpc) is 2.74. The summed E-state index contributed by atoms with van der Waals surface area (Å²) in [7, 11) is 0. The van der Waals surface area contributed by atoms with Crippen molar-refractivity contribution in [3.05, 3.63) is 103 Å². The first kappa shape index (κ1) is 20.0. The highest BCUT2D eigenvalue weighted by Gasteiger charge is 2.14. The monoisotopic (exact) mass is 381 g/mol. The molecule has 0 aliphatic rings. The molecule has 0 aromatic heterocycles. The van der Waals surface area contributed by atoms with E-state index < -0.39 is 0 Å². The van der Waals surface area contributed by atoms with Crippen molar-refractivity contribution in [2.45, 2.75) is 13.8 Å². The van der Waals surface area contributed by atoms with E-state index in [1.807, 2.05) is 97.9 Å². The van der Waals surface area contributed by atoms with Gasteiger partial charge in [-0.2, -0.15) is 0 Å². The van der Waals surface area contributed by atoms with Crippen LogP contribution in [0.3, 0.4) is 0 Å². The van der Waals surface area contributed by atoms with Crippen molar-refractivity contribution in [3.8, 4) is 0 Å². The van der Waals surface area contributed by atoms with E-state index in [1.165, 1.54) is 0 Å². The molecule has 0 heterocycles. The van der Waals surface area contributed by atoms with Crippen molar-refractivity contribution in [2.24, 2.45) is 9.98 Å². The number of carbonyl (C=O) groups excluding carboxylic acids is 1. The van der Waals surface area contributed by atoms with E-state index in [0.29, 0.717) is 17.1 Å². The Morgan fingerprint density at radius 3 is 1.76 bits per heavy atom. The highest BCUT2D eigenvalue weighted by atomic mass is 16.1. The molecule has 0 amide bonds. The topological polar surface area (TPSA) is 53.8 Å². The maximum absolute atomic E-state index is 13.1. The summed E-state index contributed by atoms with van der Waals surface area (Å²) in [6, 6.07) is 28.7. The van der Waals surface area contributed by atoms with Gasteiger partial charge in [-0.3, -0.25) is 9.79 Å². The largest absolute Gasteiger partial charge is 0.359 e. The van der Waals surface area contributed by atoms with Gasteiger partial charge in [0.2, 0.25) is 5.78 Å². The third kappa shape index (κ3) is 6.11. The number of hydrogen-bond donors (Lipinski definition) is 1. The fourth-order valence-corrected chi connectivity index (χ4v) is 2.75. The first-order valence-corrected chi connectivity index (χ1v) is 9.41. The molecule has 0 bridgehead atoms. The summed E-state index contributed by atoms with van der Waals surface area (Å²) in [6.07, 6.45) is 1.55. The van der Waals surface area contributed by atoms with Crippen LogP contribution in [0.4, 0.5) is 17.1 Å². The minimum atomic E-state index is -0.202. The van der Waals surface area contributed by atoms with E-state index in [1.54, 1.807) is 13.0 Å². The molecule has 0 spiro atoms. The number of carbonyl (C=O) groups is 1. The molecular formula is C25H23N3O. The van der Waals surface area contributed by atoms with Gasteiger partial charge in [0.1, 0.15) is 5.71 Å². The smallest absolute Gasteiger partial charge is 0.207 e. The van der Waals surface area contributed by atoms with Crippen molar-refractivity contribution < 1.29 is 4.79 Å². The van der Waals surface area contributed by atoms with E-state index in [9.17, 15) is 4.79 Å². The highest BCUT2D eigenvalue weighted by molar-refractivity contribution is 6.69. The summed E-state index contributed by atoms with van der Waals surface area (Å²) in [4.78, 5) is 22.2. The fraction of sp³-hybridized carbons (Fsp3) is 0.0800. The minimum Gasteiger partial charge on any atom is -0.359 e. The minimum absolute atomic E-state index is 0.202. The molecule has 0 aliphatic carbocycles. The predicted molar refractivity (Wildman–Crippen MR) is 122 cm³/mol. The first-order valence-electron chi connectivity index (χ1n) is 9.41. The molecule has 3 aromatic rings. The van der Waals surface area contributed by atoms with Gasteiger partial charge >= 0.3 is 0 Å². The Morgan fingerprint density at radius 1 is 0.724 bits per heavy atom. The molecule has 0 radical (unpaired) electrons. The first-order chi connectivity index (χ1) is 14.1. The second-order valence-corrected chi connectivity index (χ2v) is 6.51. The lowest BCUT2D eigenvalue weighted by atomic mass is 10.1. The van der Waals surface area contributed by atoms with Crippen LogP contribution in [0.2, 0.25) is 0 Å². The zero-order valence-electron chi connectivity index (χ0n) is 16.5. The summed E-state index contributed by atoms with van der Waals surface area (Å²) < 4.78 is 0. The van der Waals surface area contributed by atoms with Crippen LogP contribution in [-0.4, -0.2) is 17.2 Å². The van der Waals surface area contributed by atoms with Crippen molar-refractivity contribution in [1.82, 2.24) is 0 Å². The zero-order valence-corrected chi connectivity index (χ0v) is 16.5. The van der Waals surface area contributed by atoms with Crippen LogP contribution in [0.1, 0.15) is 13.8 Å². The van der Waals surface area contributed by atoms with Crippen molar-refractivity contribution in [1.29, 1.82) is 0 Å². The fourth-order valence-electron chi connectivity index (χ4n) is 2.75. The lowest BCUT2D eigenvalue weighted by Gasteiger charge is -2.08. The van der Waals surface area contributed by atoms with E-state index in [4.69, 9.17) is 0 Å². The molecule has 3 rings (SSSR count). The Balaban J connectivity index is 1.92. The quantitative estimate of drug-likeness (QED) is 0.395. The van der Waals surface area contributed by atoms with Crippen LogP contribution in [-0.2, 0) is 4.79 Å². The molecule has 0 saturated heterocycles. The van der Waals surface area contributed by atoms with E-state index in [0.717, 1.165) is 17.1 Å². The number of nitrogens with zero attached hydrogens (tertiary/aromatic N) is 2. The Bertz CT molecular complexity index is 1040. The number of anilines is 1. The number of para-hydroxylation sites is 3. The summed E-state index contributed by atoms with van der Waals surface area (Å²) in [5.41, 5.74) is 4.02. The van der Waals surface area contributed by atoms with Crippen molar-refractivity contribution >= 4 is 34.3 Å². The van der Waals surface area contributed by atoms with Gasteiger partial charge in [0.05, 0.1) is 17.1 Å². The molecule has 0 atom stereocenters. The second kappa shape index (κ2) is 9.95. The zero-order chi connectivity index (χ0) is 20.5. The standard InChI is InChI=1S/C25H23N3O/c1-19(26-21-12-6-3-7-13-21)18-24(29)25(28-23-16-10-5-11-17-23)20(2)27-22-14-8-4-9-15-22/h3-18,26H,1-2H3/b19-18-,27-20?,28-25?. The van der Waals surface area contributed by atoms with Crippen molar-refractivity contribution in [3.63, 3.8) is 0 Å². The maximum atomic E-state index is 13.1. The van der Waals surface area contributed by atoms with Gasteiger partial charge in [0.15, 0.2) is 0 Å². The van der Waals surface area contributed by atoms with Gasteiger partial charge < -0.3 is 5.32 Å². The number of benzene rings is 3. The third-order valence-corrected chi connectivity index (χ3v) is 4.09. The van der Waals surface area contributed by atoms with Gasteiger partial charge in [0.25, 0.3) is 0 Å². The molecule has 0 saturated carbocycles. The van der Waals surface area contributed by atoms with E-state index in [-0.39, 0.29) is 5.78 Å². The molecule has 144 valence electrons. The lowest BCUT2D eigenvalue weighted by molar-refractivity contribution is -0.108. The highest BCUT2D eigenvalue weighted by Crippen LogP contribution is 2.15. The summed E-state index contributed by atoms with van der Waals surface area (Å²) in [5.74, 6) is -0.202. The average molecular weight is 381 g/mol. The van der Waals surface area contributed by atoms with Gasteiger partial charge in [0, 0.05) is 17.5 Å². The van der Waals surface area contributed by atoms with Crippen LogP contribution >= 0.6 is 0 Å². The Morgan fingerprint density at radius 2 is 1.21 bits per heavy atom. The normalized spacial score (nSPS) is 12.6. The number of rotatable bonds is 7. The Hall–Kier alpha value is -3.79. The SMILES string of the molecule is CC(=Nc1ccccc1)C(=Nc1ccccc1)C(=O)/C=C(/C)Nc1ccccc1. The van der Waals surface area contributed by atoms with Gasteiger partial charge in [-0.1, -0.05) is 54.6 Å². The number of allylic oxidation sites excluding steroid dienone is 2. The summed E-state index contributed by atoms with van der Waals surface area (Å²) >= 11 is 0. The summed E-state index contributed by atoms with van der Waals surface area (Å²) in [6.45, 7) is 3.66. The van der Waals surface area contributed by atoms with E-state index >= 15 is 0 Å². The molecule has 0 unspecified atom stereocenters. The molecule has 3 aromatic carbocycles. The van der Waals surface area contributed by atoms with Gasteiger partial charge in [-0.25, -0.2) is 4.99 Å². The molecule has 4 heteroatoms. The Labute approximate surface area is 171 Å². The predicted octanol–water partition coefficient (Wildman–Crippen LogP) is 6.14. The van der Waals surface area contributed by atoms with Gasteiger partial charge in [-0.05, 0) is 50.2 Å². The number of ketones is 1. The molecule has 29 heavy (non-hydrogen) atoms. The number of aliphatic imine (C=N–C) groups is 2. The molecule has 0 aliphatic heterocycles. The maximum Gasteiger partial charge on any atom is 0.207 e. The van der Waals surface area contributed by atoms with Crippen LogP contribution in [0.25, 0.3) is 0 Å². The third-order valence-electron chi connectivity index (χ3n) is 4.09. The van der Waals surface area contributed by atoms with Crippen molar-refractivity contribution in [2.75, 3.05) is 5.32 Å². The number of hydrogen-bond acceptors (Lipinski definition) is 4.